The maximum atomic E-state index is 12.9. The number of unbranched alkanes of at least 4 members (excludes halogenated alkanes) is 1. The monoisotopic (exact) mass is 320 g/mol. The number of alkyl halides is 1. The van der Waals surface area contributed by atoms with Gasteiger partial charge in [-0.25, -0.2) is 0 Å². The Morgan fingerprint density at radius 3 is 1.89 bits per heavy atom. The van der Waals surface area contributed by atoms with Crippen molar-refractivity contribution >= 4 is 27.3 Å². The molecule has 19 heavy (non-hydrogen) atoms. The molecule has 0 atom stereocenters. The zero-order valence-corrected chi connectivity index (χ0v) is 15.9. The first-order valence-corrected chi connectivity index (χ1v) is 12.2. The van der Waals surface area contributed by atoms with E-state index in [1.807, 2.05) is 13.8 Å². The molecule has 7 heteroatoms. The van der Waals surface area contributed by atoms with E-state index in [0.717, 1.165) is 24.5 Å². The molecule has 0 aliphatic heterocycles. The Morgan fingerprint density at radius 1 is 1.11 bits per heavy atom. The summed E-state index contributed by atoms with van der Waals surface area (Å²) in [6, 6.07) is 0. The van der Waals surface area contributed by atoms with Gasteiger partial charge in [0.25, 0.3) is 0 Å². The molecule has 0 saturated heterocycles. The second-order valence-corrected chi connectivity index (χ2v) is 13.1. The smallest absolute Gasteiger partial charge is 0.331 e. The average molecular weight is 321 g/mol. The van der Waals surface area contributed by atoms with Crippen molar-refractivity contribution in [3.63, 3.8) is 0 Å². The summed E-state index contributed by atoms with van der Waals surface area (Å²) >= 11 is 5.71. The van der Waals surface area contributed by atoms with Crippen molar-refractivity contribution < 1.29 is 32.5 Å². The summed E-state index contributed by atoms with van der Waals surface area (Å²) in [5.41, 5.74) is 0. The molecule has 0 unspecified atom stereocenters. The van der Waals surface area contributed by atoms with Crippen LogP contribution in [0.4, 0.5) is 0 Å². The van der Waals surface area contributed by atoms with Crippen LogP contribution in [0.3, 0.4) is 0 Å². The Hall–Kier alpha value is 1.25. The van der Waals surface area contributed by atoms with E-state index < -0.39 is 15.7 Å². The maximum absolute atomic E-state index is 12.9. The van der Waals surface area contributed by atoms with Crippen LogP contribution in [0.1, 0.15) is 33.1 Å². The number of hydrogen-bond donors (Lipinski definition) is 0. The van der Waals surface area contributed by atoms with Crippen LogP contribution in [0.5, 0.6) is 0 Å². The van der Waals surface area contributed by atoms with E-state index in [0.29, 0.717) is 19.1 Å². The molecule has 0 aliphatic carbocycles. The van der Waals surface area contributed by atoms with Gasteiger partial charge in [0.1, 0.15) is 0 Å². The molecule has 0 rings (SSSR count). The third-order valence-electron chi connectivity index (χ3n) is 2.59. The second-order valence-electron chi connectivity index (χ2n) is 5.18. The van der Waals surface area contributed by atoms with Crippen LogP contribution in [0.25, 0.3) is 0 Å². The molecule has 0 amide bonds. The van der Waals surface area contributed by atoms with E-state index in [-0.39, 0.29) is 18.9 Å². The summed E-state index contributed by atoms with van der Waals surface area (Å²) in [7, 11) is -4.74. The van der Waals surface area contributed by atoms with Crippen molar-refractivity contribution in [3.05, 3.63) is 5.28 Å². The van der Waals surface area contributed by atoms with Crippen molar-refractivity contribution in [3.8, 4) is 0 Å². The van der Waals surface area contributed by atoms with Crippen LogP contribution < -0.4 is 18.9 Å². The van der Waals surface area contributed by atoms with Crippen molar-refractivity contribution in [2.75, 3.05) is 19.1 Å². The summed E-state index contributed by atoms with van der Waals surface area (Å²) in [5.74, 6) is 0.645. The zero-order chi connectivity index (χ0) is 14.2. The fourth-order valence-electron chi connectivity index (χ4n) is 1.84. The number of hydrogen-bond acceptors (Lipinski definition) is 3. The molecule has 0 aromatic heterocycles. The fraction of sp³-hybridized carbons (Fsp3) is 0.917. The normalized spacial score (nSPS) is 12.6. The Morgan fingerprint density at radius 2 is 1.58 bits per heavy atom. The molecular formula is C12H27ClLiO3PSi. The van der Waals surface area contributed by atoms with E-state index in [1.54, 1.807) is 0 Å². The van der Waals surface area contributed by atoms with Gasteiger partial charge in [-0.1, -0.05) is 34.1 Å². The van der Waals surface area contributed by atoms with Gasteiger partial charge in [0.05, 0.1) is 13.2 Å². The Balaban J connectivity index is 0. The van der Waals surface area contributed by atoms with E-state index >= 15 is 0 Å². The van der Waals surface area contributed by atoms with Gasteiger partial charge in [-0.15, -0.1) is 11.6 Å². The minimum absolute atomic E-state index is 0. The molecule has 0 heterocycles. The first-order valence-electron chi connectivity index (χ1n) is 6.63. The zero-order valence-electron chi connectivity index (χ0n) is 13.3. The summed E-state index contributed by atoms with van der Waals surface area (Å²) < 4.78 is 23.8. The molecule has 0 fully saturated rings. The molecule has 110 valence electrons. The van der Waals surface area contributed by atoms with Crippen LogP contribution >= 0.6 is 19.2 Å². The summed E-state index contributed by atoms with van der Waals surface area (Å²) in [6.07, 6.45) is 2.70. The van der Waals surface area contributed by atoms with E-state index in [9.17, 15) is 4.57 Å². The predicted molar refractivity (Wildman–Crippen MR) is 82.0 cm³/mol. The number of halogens is 1. The molecule has 0 aromatic rings. The van der Waals surface area contributed by atoms with E-state index in [1.165, 1.54) is 0 Å². The van der Waals surface area contributed by atoms with Gasteiger partial charge in [0.2, 0.25) is 0 Å². The summed E-state index contributed by atoms with van der Waals surface area (Å²) in [5, 5.41) is 1.02. The predicted octanol–water partition coefficient (Wildman–Crippen LogP) is 2.07. The Kier molecular flexibility index (Phi) is 12.9. The Bertz CT molecular complexity index is 264. The van der Waals surface area contributed by atoms with Crippen molar-refractivity contribution in [1.29, 1.82) is 0 Å². The van der Waals surface area contributed by atoms with E-state index in [4.69, 9.17) is 20.6 Å². The van der Waals surface area contributed by atoms with Gasteiger partial charge in [-0.3, -0.25) is 4.57 Å². The average Bonchev–Trinajstić information content (AvgIpc) is 2.23. The second kappa shape index (κ2) is 10.9. The van der Waals surface area contributed by atoms with Crippen LogP contribution in [-0.2, 0) is 13.6 Å². The third kappa shape index (κ3) is 8.32. The topological polar surface area (TPSA) is 35.5 Å². The largest absolute Gasteiger partial charge is 1.00 e. The third-order valence-corrected chi connectivity index (χ3v) is 9.76. The molecule has 0 spiro atoms. The van der Waals surface area contributed by atoms with Gasteiger partial charge in [-0.05, 0) is 20.3 Å². The fourth-order valence-corrected chi connectivity index (χ4v) is 8.13. The maximum Gasteiger partial charge on any atom is 1.00 e. The van der Waals surface area contributed by atoms with Crippen LogP contribution in [0.15, 0.2) is 0 Å². The summed E-state index contributed by atoms with van der Waals surface area (Å²) in [4.78, 5) is 0. The van der Waals surface area contributed by atoms with Gasteiger partial charge >= 0.3 is 18.9 Å². The first-order chi connectivity index (χ1) is 8.31. The summed E-state index contributed by atoms with van der Waals surface area (Å²) in [6.45, 7) is 11.1. The van der Waals surface area contributed by atoms with Gasteiger partial charge in [0, 0.05) is 5.88 Å². The van der Waals surface area contributed by atoms with Gasteiger partial charge in [0.15, 0.2) is 7.60 Å². The van der Waals surface area contributed by atoms with Gasteiger partial charge < -0.3 is 9.05 Å². The van der Waals surface area contributed by atoms with Crippen LogP contribution in [-0.4, -0.2) is 27.2 Å². The molecule has 0 bridgehead atoms. The van der Waals surface area contributed by atoms with Crippen molar-refractivity contribution in [2.24, 2.45) is 0 Å². The molecular weight excluding hydrogens is 294 g/mol. The van der Waals surface area contributed by atoms with Crippen molar-refractivity contribution in [2.45, 2.75) is 52.8 Å². The van der Waals surface area contributed by atoms with Gasteiger partial charge in [-0.2, -0.15) is 11.7 Å². The molecule has 0 radical (unpaired) electrons. The first kappa shape index (κ1) is 22.5. The van der Waals surface area contributed by atoms with E-state index in [2.05, 4.69) is 19.6 Å². The van der Waals surface area contributed by atoms with Crippen molar-refractivity contribution in [1.82, 2.24) is 0 Å². The number of rotatable bonds is 10. The Labute approximate surface area is 136 Å². The molecule has 0 saturated carbocycles. The van der Waals surface area contributed by atoms with Crippen LogP contribution in [0, 0.1) is 5.28 Å². The molecule has 0 aromatic carbocycles. The van der Waals surface area contributed by atoms with Crippen LogP contribution in [0.2, 0.25) is 19.6 Å². The minimum Gasteiger partial charge on any atom is -0.331 e. The molecule has 0 N–H and O–H groups in total. The minimum atomic E-state index is -3.06. The molecule has 3 nitrogen and oxygen atoms in total. The molecule has 0 aliphatic rings. The quantitative estimate of drug-likeness (QED) is 0.203. The SMILES string of the molecule is CCOP(=O)(OCC)[C-](CCCCCl)[Si](C)(C)C.[Li+]. The standard InChI is InChI=1S/C12H27ClO3PSi.Li/c1-6-15-17(14,16-7-2)12(18(3,4)5)10-8-9-11-13;/h6-11H2,1-5H3;/q-1;+1.